The molecule has 1 heterocycles. The van der Waals surface area contributed by atoms with Gasteiger partial charge in [-0.05, 0) is 31.2 Å². The van der Waals surface area contributed by atoms with Crippen LogP contribution >= 0.6 is 0 Å². The van der Waals surface area contributed by atoms with Crippen molar-refractivity contribution >= 4 is 16.7 Å². The van der Waals surface area contributed by atoms with Crippen molar-refractivity contribution in [2.45, 2.75) is 51.6 Å². The molecule has 8 heteroatoms. The maximum atomic E-state index is 12.0. The Kier molecular flexibility index (Phi) is 4.23. The van der Waals surface area contributed by atoms with Gasteiger partial charge in [-0.3, -0.25) is 24.3 Å². The highest BCUT2D eigenvalue weighted by atomic mass is 16.6. The van der Waals surface area contributed by atoms with Crippen molar-refractivity contribution in [1.29, 1.82) is 0 Å². The van der Waals surface area contributed by atoms with E-state index in [4.69, 9.17) is 5.73 Å². The van der Waals surface area contributed by atoms with Crippen LogP contribution in [-0.2, 0) is 6.67 Å². The predicted octanol–water partition coefficient (Wildman–Crippen LogP) is 1.87. The highest BCUT2D eigenvalue weighted by Crippen LogP contribution is 2.40. The van der Waals surface area contributed by atoms with Gasteiger partial charge in [0, 0.05) is 11.6 Å². The molecule has 2 aromatic rings. The van der Waals surface area contributed by atoms with Gasteiger partial charge in [-0.25, -0.2) is 0 Å². The normalized spacial score (nSPS) is 15.8. The number of hydrogen-bond donors (Lipinski definition) is 2. The van der Waals surface area contributed by atoms with Crippen molar-refractivity contribution in [3.63, 3.8) is 0 Å². The van der Waals surface area contributed by atoms with Gasteiger partial charge in [0.2, 0.25) is 0 Å². The lowest BCUT2D eigenvalue weighted by Crippen LogP contribution is -2.38. The minimum Gasteiger partial charge on any atom is -0.316 e. The summed E-state index contributed by atoms with van der Waals surface area (Å²) >= 11 is 0. The van der Waals surface area contributed by atoms with E-state index in [0.29, 0.717) is 16.6 Å². The lowest BCUT2D eigenvalue weighted by atomic mass is 9.81. The van der Waals surface area contributed by atoms with E-state index >= 15 is 0 Å². The number of nitrogens with two attached hydrogens (primary N) is 1. The number of rotatable bonds is 3. The lowest BCUT2D eigenvalue weighted by molar-refractivity contribution is -0.385. The molecule has 8 nitrogen and oxygen atoms in total. The molecule has 0 saturated heterocycles. The molecule has 1 aliphatic carbocycles. The molecule has 1 aliphatic rings. The molecule has 128 valence electrons. The molecule has 0 aliphatic heterocycles. The van der Waals surface area contributed by atoms with Gasteiger partial charge in [-0.15, -0.1) is 0 Å². The topological polar surface area (TPSA) is 124 Å². The fraction of sp³-hybridized carbons (Fsp3) is 0.500. The van der Waals surface area contributed by atoms with Crippen LogP contribution in [0.4, 0.5) is 5.69 Å². The van der Waals surface area contributed by atoms with Crippen molar-refractivity contribution in [3.05, 3.63) is 48.0 Å². The zero-order chi connectivity index (χ0) is 17.4. The van der Waals surface area contributed by atoms with Gasteiger partial charge in [0.05, 0.1) is 22.6 Å². The quantitative estimate of drug-likeness (QED) is 0.504. The summed E-state index contributed by atoms with van der Waals surface area (Å²) in [6, 6.07) is 1.33. The summed E-state index contributed by atoms with van der Waals surface area (Å²) in [5.74, 6) is 0.139. The second-order valence-corrected chi connectivity index (χ2v) is 6.29. The molecule has 0 unspecified atom stereocenters. The fourth-order valence-corrected chi connectivity index (χ4v) is 3.79. The van der Waals surface area contributed by atoms with Gasteiger partial charge < -0.3 is 10.7 Å². The van der Waals surface area contributed by atoms with Crippen molar-refractivity contribution in [2.24, 2.45) is 5.73 Å². The number of fused-ring (bicyclic) bond motifs is 1. The summed E-state index contributed by atoms with van der Waals surface area (Å²) < 4.78 is 1.10. The number of nitrogens with zero attached hydrogens (tertiary/aromatic N) is 2. The minimum absolute atomic E-state index is 0.0447. The molecule has 0 spiro atoms. The summed E-state index contributed by atoms with van der Waals surface area (Å²) in [5, 5.41) is 11.5. The van der Waals surface area contributed by atoms with E-state index in [-0.39, 0.29) is 18.3 Å². The van der Waals surface area contributed by atoms with Gasteiger partial charge in [-0.2, -0.15) is 0 Å². The SMILES string of the molecule is Cc1c([N+](=O)[O-])cc2c([nH]c(=O)c(=O)n2CN)c1C1CCCCC1. The number of aromatic nitrogens is 2. The zero-order valence-electron chi connectivity index (χ0n) is 13.5. The first kappa shape index (κ1) is 16.4. The average Bonchev–Trinajstić information content (AvgIpc) is 2.56. The number of nitro groups is 1. The Balaban J connectivity index is 2.44. The number of H-pyrrole nitrogens is 1. The molecule has 0 atom stereocenters. The van der Waals surface area contributed by atoms with E-state index in [9.17, 15) is 19.7 Å². The van der Waals surface area contributed by atoms with Gasteiger partial charge in [0.25, 0.3) is 5.69 Å². The van der Waals surface area contributed by atoms with E-state index in [1.807, 2.05) is 0 Å². The van der Waals surface area contributed by atoms with Crippen LogP contribution in [0.2, 0.25) is 0 Å². The van der Waals surface area contributed by atoms with Crippen LogP contribution in [0.3, 0.4) is 0 Å². The predicted molar refractivity (Wildman–Crippen MR) is 90.2 cm³/mol. The van der Waals surface area contributed by atoms with Crippen molar-refractivity contribution in [3.8, 4) is 0 Å². The standard InChI is InChI=1S/C16H20N4O4/c1-9-11(20(23)24)7-12-14(13(9)10-5-3-2-4-6-10)18-15(21)16(22)19(12)8-17/h7,10H,2-6,8,17H2,1H3,(H,18,21). The van der Waals surface area contributed by atoms with Crippen molar-refractivity contribution < 1.29 is 4.92 Å². The van der Waals surface area contributed by atoms with Gasteiger partial charge in [0.1, 0.15) is 0 Å². The molecule has 24 heavy (non-hydrogen) atoms. The third kappa shape index (κ3) is 2.52. The monoisotopic (exact) mass is 332 g/mol. The number of benzene rings is 1. The molecule has 3 rings (SSSR count). The smallest absolute Gasteiger partial charge is 0.316 e. The van der Waals surface area contributed by atoms with Crippen LogP contribution in [0.1, 0.15) is 49.1 Å². The van der Waals surface area contributed by atoms with E-state index in [1.54, 1.807) is 6.92 Å². The Labute approximate surface area is 137 Å². The second-order valence-electron chi connectivity index (χ2n) is 6.29. The molecule has 1 saturated carbocycles. The van der Waals surface area contributed by atoms with Crippen molar-refractivity contribution in [2.75, 3.05) is 0 Å². The fourth-order valence-electron chi connectivity index (χ4n) is 3.79. The molecule has 3 N–H and O–H groups in total. The first-order valence-corrected chi connectivity index (χ1v) is 8.10. The summed E-state index contributed by atoms with van der Waals surface area (Å²) in [6.07, 6.45) is 5.08. The van der Waals surface area contributed by atoms with Crippen LogP contribution in [0, 0.1) is 17.0 Å². The molecule has 1 fully saturated rings. The Morgan fingerprint density at radius 3 is 2.58 bits per heavy atom. The van der Waals surface area contributed by atoms with Crippen LogP contribution in [0.5, 0.6) is 0 Å². The minimum atomic E-state index is -0.794. The maximum absolute atomic E-state index is 12.0. The molecular weight excluding hydrogens is 312 g/mol. The summed E-state index contributed by atoms with van der Waals surface area (Å²) in [6.45, 7) is 1.50. The number of aromatic amines is 1. The second kappa shape index (κ2) is 6.20. The molecule has 0 radical (unpaired) electrons. The Morgan fingerprint density at radius 1 is 1.33 bits per heavy atom. The Morgan fingerprint density at radius 2 is 2.00 bits per heavy atom. The van der Waals surface area contributed by atoms with Crippen LogP contribution in [0.25, 0.3) is 11.0 Å². The number of nitro benzene ring substituents is 1. The van der Waals surface area contributed by atoms with Crippen LogP contribution < -0.4 is 16.9 Å². The molecule has 0 amide bonds. The molecule has 1 aromatic carbocycles. The zero-order valence-corrected chi connectivity index (χ0v) is 13.5. The number of hydrogen-bond acceptors (Lipinski definition) is 5. The Bertz CT molecular complexity index is 922. The van der Waals surface area contributed by atoms with E-state index in [0.717, 1.165) is 42.2 Å². The van der Waals surface area contributed by atoms with E-state index in [2.05, 4.69) is 4.98 Å². The first-order valence-electron chi connectivity index (χ1n) is 8.10. The largest absolute Gasteiger partial charge is 0.317 e. The molecular formula is C16H20N4O4. The lowest BCUT2D eigenvalue weighted by Gasteiger charge is -2.25. The molecule has 0 bridgehead atoms. The molecule has 1 aromatic heterocycles. The average molecular weight is 332 g/mol. The van der Waals surface area contributed by atoms with Crippen LogP contribution in [-0.4, -0.2) is 14.5 Å². The van der Waals surface area contributed by atoms with Gasteiger partial charge in [0.15, 0.2) is 0 Å². The maximum Gasteiger partial charge on any atom is 0.317 e. The third-order valence-electron chi connectivity index (χ3n) is 4.95. The van der Waals surface area contributed by atoms with Gasteiger partial charge >= 0.3 is 11.1 Å². The highest BCUT2D eigenvalue weighted by Gasteiger charge is 2.27. The van der Waals surface area contributed by atoms with E-state index < -0.39 is 16.0 Å². The first-order chi connectivity index (χ1) is 11.5. The number of nitrogens with one attached hydrogen (secondary N) is 1. The van der Waals surface area contributed by atoms with Crippen LogP contribution in [0.15, 0.2) is 15.7 Å². The highest BCUT2D eigenvalue weighted by molar-refractivity contribution is 5.84. The summed E-state index contributed by atoms with van der Waals surface area (Å²) in [5.41, 5.74) is 6.18. The third-order valence-corrected chi connectivity index (χ3v) is 4.95. The summed E-state index contributed by atoms with van der Waals surface area (Å²) in [7, 11) is 0. The Hall–Kier alpha value is -2.48. The van der Waals surface area contributed by atoms with Gasteiger partial charge in [-0.1, -0.05) is 19.3 Å². The van der Waals surface area contributed by atoms with Crippen molar-refractivity contribution in [1.82, 2.24) is 9.55 Å². The summed E-state index contributed by atoms with van der Waals surface area (Å²) in [4.78, 5) is 37.7. The van der Waals surface area contributed by atoms with E-state index in [1.165, 1.54) is 6.07 Å².